The number of nitrogens with one attached hydrogen (secondary N) is 3. The Kier molecular flexibility index (Phi) is 8.79. The maximum Gasteiger partial charge on any atom is 0.279 e. The molecule has 1 atom stereocenters. The molecule has 2 aromatic rings. The molecule has 0 fully saturated rings. The Bertz CT molecular complexity index is 990. The Balaban J connectivity index is 1.72. The standard InChI is InChI=1S/C18H16Cl2N4O6S/c1-10(30-15-7-2-11(19)8-14(15)20)17(26)22-23-18(31)21-16(25)9-29-13-5-3-12(4-6-13)24(27)28/h2-8,10H,9H2,1H3,(H,22,26)(H2,21,23,25,31). The number of nitro groups is 1. The van der Waals surface area contributed by atoms with E-state index in [-0.39, 0.29) is 27.3 Å². The first-order valence-corrected chi connectivity index (χ1v) is 9.70. The van der Waals surface area contributed by atoms with Gasteiger partial charge in [-0.2, -0.15) is 0 Å². The molecule has 0 aromatic heterocycles. The molecule has 10 nitrogen and oxygen atoms in total. The van der Waals surface area contributed by atoms with E-state index in [1.165, 1.54) is 43.3 Å². The van der Waals surface area contributed by atoms with E-state index in [0.29, 0.717) is 5.02 Å². The fourth-order valence-electron chi connectivity index (χ4n) is 2.04. The lowest BCUT2D eigenvalue weighted by Crippen LogP contribution is -2.52. The number of carbonyl (C=O) groups excluding carboxylic acids is 2. The molecule has 13 heteroatoms. The van der Waals surface area contributed by atoms with Crippen LogP contribution in [0.3, 0.4) is 0 Å². The van der Waals surface area contributed by atoms with Gasteiger partial charge in [-0.3, -0.25) is 35.9 Å². The molecule has 0 aliphatic heterocycles. The number of benzene rings is 2. The number of carbonyl (C=O) groups is 2. The summed E-state index contributed by atoms with van der Waals surface area (Å²) in [6.45, 7) is 1.09. The molecule has 0 spiro atoms. The van der Waals surface area contributed by atoms with Gasteiger partial charge in [-0.05, 0) is 49.5 Å². The van der Waals surface area contributed by atoms with Gasteiger partial charge in [0.25, 0.3) is 17.5 Å². The molecule has 2 amide bonds. The summed E-state index contributed by atoms with van der Waals surface area (Å²) in [7, 11) is 0. The average Bonchev–Trinajstić information content (AvgIpc) is 2.72. The normalized spacial score (nSPS) is 11.1. The van der Waals surface area contributed by atoms with Gasteiger partial charge in [0.15, 0.2) is 17.8 Å². The molecule has 1 unspecified atom stereocenters. The molecule has 0 aliphatic carbocycles. The smallest absolute Gasteiger partial charge is 0.279 e. The highest BCUT2D eigenvalue weighted by atomic mass is 35.5. The van der Waals surface area contributed by atoms with Gasteiger partial charge in [0, 0.05) is 17.2 Å². The summed E-state index contributed by atoms with van der Waals surface area (Å²) in [6.07, 6.45) is -0.935. The molecule has 3 N–H and O–H groups in total. The highest BCUT2D eigenvalue weighted by Gasteiger charge is 2.17. The van der Waals surface area contributed by atoms with Crippen LogP contribution in [0.1, 0.15) is 6.92 Å². The van der Waals surface area contributed by atoms with Crippen LogP contribution in [-0.4, -0.2) is 34.6 Å². The number of amides is 2. The first-order valence-electron chi connectivity index (χ1n) is 8.54. The van der Waals surface area contributed by atoms with E-state index in [1.807, 2.05) is 0 Å². The summed E-state index contributed by atoms with van der Waals surface area (Å²) >= 11 is 16.7. The first kappa shape index (κ1) is 24.1. The highest BCUT2D eigenvalue weighted by molar-refractivity contribution is 7.80. The molecule has 0 heterocycles. The lowest BCUT2D eigenvalue weighted by molar-refractivity contribution is -0.384. The van der Waals surface area contributed by atoms with E-state index in [2.05, 4.69) is 16.2 Å². The molecule has 0 bridgehead atoms. The SMILES string of the molecule is CC(Oc1ccc(Cl)cc1Cl)C(=O)NNC(=S)NC(=O)COc1ccc([N+](=O)[O-])cc1. The van der Waals surface area contributed by atoms with Crippen LogP contribution in [-0.2, 0) is 9.59 Å². The third kappa shape index (κ3) is 7.89. The largest absolute Gasteiger partial charge is 0.484 e. The van der Waals surface area contributed by atoms with Crippen molar-refractivity contribution in [3.63, 3.8) is 0 Å². The Morgan fingerprint density at radius 1 is 1.16 bits per heavy atom. The van der Waals surface area contributed by atoms with Crippen molar-refractivity contribution in [1.82, 2.24) is 16.2 Å². The number of rotatable bonds is 7. The highest BCUT2D eigenvalue weighted by Crippen LogP contribution is 2.28. The van der Waals surface area contributed by atoms with Crippen LogP contribution >= 0.6 is 35.4 Å². The van der Waals surface area contributed by atoms with Crippen molar-refractivity contribution in [1.29, 1.82) is 0 Å². The summed E-state index contributed by atoms with van der Waals surface area (Å²) in [5, 5.41) is 13.4. The number of hydrogen-bond acceptors (Lipinski definition) is 7. The molecule has 0 radical (unpaired) electrons. The lowest BCUT2D eigenvalue weighted by atomic mass is 10.3. The summed E-state index contributed by atoms with van der Waals surface area (Å²) in [4.78, 5) is 34.0. The Hall–Kier alpha value is -3.15. The minimum Gasteiger partial charge on any atom is -0.484 e. The predicted molar refractivity (Wildman–Crippen MR) is 117 cm³/mol. The van der Waals surface area contributed by atoms with Gasteiger partial charge < -0.3 is 9.47 Å². The van der Waals surface area contributed by atoms with Gasteiger partial charge in [0.05, 0.1) is 9.95 Å². The lowest BCUT2D eigenvalue weighted by Gasteiger charge is -2.17. The van der Waals surface area contributed by atoms with E-state index < -0.39 is 29.4 Å². The van der Waals surface area contributed by atoms with Gasteiger partial charge in [-0.1, -0.05) is 23.2 Å². The van der Waals surface area contributed by atoms with Crippen LogP contribution in [0.4, 0.5) is 5.69 Å². The molecule has 2 aromatic carbocycles. The summed E-state index contributed by atoms with van der Waals surface area (Å²) in [5.41, 5.74) is 4.54. The number of nitro benzene ring substituents is 1. The third-order valence-corrected chi connectivity index (χ3v) is 4.27. The molecule has 31 heavy (non-hydrogen) atoms. The Morgan fingerprint density at radius 3 is 2.45 bits per heavy atom. The molecule has 164 valence electrons. The van der Waals surface area contributed by atoms with Crippen molar-refractivity contribution in [3.8, 4) is 11.5 Å². The van der Waals surface area contributed by atoms with Crippen molar-refractivity contribution in [2.45, 2.75) is 13.0 Å². The zero-order chi connectivity index (χ0) is 23.0. The van der Waals surface area contributed by atoms with E-state index >= 15 is 0 Å². The molecule has 0 saturated heterocycles. The number of nitrogens with zero attached hydrogens (tertiary/aromatic N) is 1. The van der Waals surface area contributed by atoms with Crippen LogP contribution in [0.2, 0.25) is 10.0 Å². The number of hydrogen-bond donors (Lipinski definition) is 3. The zero-order valence-corrected chi connectivity index (χ0v) is 18.2. The second-order valence-corrected chi connectivity index (χ2v) is 7.12. The molecular weight excluding hydrogens is 471 g/mol. The van der Waals surface area contributed by atoms with Crippen LogP contribution in [0, 0.1) is 10.1 Å². The van der Waals surface area contributed by atoms with Crippen LogP contribution in [0.5, 0.6) is 11.5 Å². The summed E-state index contributed by atoms with van der Waals surface area (Å²) in [5.74, 6) is -0.653. The van der Waals surface area contributed by atoms with Crippen LogP contribution in [0.25, 0.3) is 0 Å². The molecule has 0 aliphatic rings. The fourth-order valence-corrected chi connectivity index (χ4v) is 2.66. The van der Waals surface area contributed by atoms with E-state index in [9.17, 15) is 19.7 Å². The van der Waals surface area contributed by atoms with Crippen molar-refractivity contribution >= 4 is 58.0 Å². The van der Waals surface area contributed by atoms with Crippen LogP contribution in [0.15, 0.2) is 42.5 Å². The van der Waals surface area contributed by atoms with E-state index in [1.54, 1.807) is 6.07 Å². The van der Waals surface area contributed by atoms with Crippen LogP contribution < -0.4 is 25.6 Å². The molecular formula is C18H16Cl2N4O6S. The Labute approximate surface area is 191 Å². The molecule has 0 saturated carbocycles. The average molecular weight is 487 g/mol. The predicted octanol–water partition coefficient (Wildman–Crippen LogP) is 2.77. The third-order valence-electron chi connectivity index (χ3n) is 3.54. The maximum atomic E-state index is 12.1. The minimum absolute atomic E-state index is 0.102. The monoisotopic (exact) mass is 486 g/mol. The summed E-state index contributed by atoms with van der Waals surface area (Å²) in [6, 6.07) is 9.77. The second-order valence-electron chi connectivity index (χ2n) is 5.87. The second kappa shape index (κ2) is 11.3. The molecule has 2 rings (SSSR count). The number of thiocarbonyl (C=S) groups is 1. The Morgan fingerprint density at radius 2 is 1.84 bits per heavy atom. The van der Waals surface area contributed by atoms with Gasteiger partial charge >= 0.3 is 0 Å². The number of hydrazine groups is 1. The van der Waals surface area contributed by atoms with Gasteiger partial charge in [-0.25, -0.2) is 0 Å². The zero-order valence-electron chi connectivity index (χ0n) is 15.9. The van der Waals surface area contributed by atoms with E-state index in [4.69, 9.17) is 44.9 Å². The van der Waals surface area contributed by atoms with Gasteiger partial charge in [0.2, 0.25) is 0 Å². The van der Waals surface area contributed by atoms with Crippen molar-refractivity contribution in [2.24, 2.45) is 0 Å². The number of non-ortho nitro benzene ring substituents is 1. The van der Waals surface area contributed by atoms with Gasteiger partial charge in [-0.15, -0.1) is 0 Å². The topological polar surface area (TPSA) is 132 Å². The van der Waals surface area contributed by atoms with Crippen molar-refractivity contribution in [3.05, 3.63) is 62.6 Å². The van der Waals surface area contributed by atoms with E-state index in [0.717, 1.165) is 0 Å². The number of ether oxygens (including phenoxy) is 2. The minimum atomic E-state index is -0.935. The first-order chi connectivity index (χ1) is 14.7. The summed E-state index contributed by atoms with van der Waals surface area (Å²) < 4.78 is 10.7. The quantitative estimate of drug-likeness (QED) is 0.309. The number of halogens is 2. The van der Waals surface area contributed by atoms with Crippen molar-refractivity contribution < 1.29 is 24.0 Å². The van der Waals surface area contributed by atoms with Crippen molar-refractivity contribution in [2.75, 3.05) is 6.61 Å². The van der Waals surface area contributed by atoms with Gasteiger partial charge in [0.1, 0.15) is 11.5 Å². The fraction of sp³-hybridized carbons (Fsp3) is 0.167. The maximum absolute atomic E-state index is 12.1.